The van der Waals surface area contributed by atoms with Crippen molar-refractivity contribution in [2.24, 2.45) is 0 Å². The second kappa shape index (κ2) is 6.10. The number of hydrogen-bond acceptors (Lipinski definition) is 2. The first-order valence-electron chi connectivity index (χ1n) is 8.54. The molecule has 2 aliphatic rings. The van der Waals surface area contributed by atoms with E-state index in [-0.39, 0.29) is 11.0 Å². The zero-order valence-corrected chi connectivity index (χ0v) is 13.5. The van der Waals surface area contributed by atoms with E-state index in [2.05, 4.69) is 49.5 Å². The van der Waals surface area contributed by atoms with Crippen molar-refractivity contribution in [1.29, 1.82) is 0 Å². The van der Waals surface area contributed by atoms with Gasteiger partial charge in [-0.1, -0.05) is 57.0 Å². The lowest BCUT2D eigenvalue weighted by Crippen LogP contribution is -2.38. The van der Waals surface area contributed by atoms with Gasteiger partial charge in [0.1, 0.15) is 0 Å². The van der Waals surface area contributed by atoms with Crippen molar-refractivity contribution in [3.8, 4) is 0 Å². The number of benzene rings is 1. The maximum atomic E-state index is 6.37. The maximum absolute atomic E-state index is 6.37. The highest BCUT2D eigenvalue weighted by molar-refractivity contribution is 5.23. The average molecular weight is 287 g/mol. The van der Waals surface area contributed by atoms with Crippen LogP contribution in [0.25, 0.3) is 0 Å². The van der Waals surface area contributed by atoms with Crippen LogP contribution in [0.1, 0.15) is 57.9 Å². The molecule has 0 aromatic heterocycles. The Morgan fingerprint density at radius 2 is 1.86 bits per heavy atom. The summed E-state index contributed by atoms with van der Waals surface area (Å²) < 4.78 is 6.37. The molecule has 1 aliphatic heterocycles. The molecule has 1 saturated heterocycles. The predicted molar refractivity (Wildman–Crippen MR) is 87.6 cm³/mol. The second-order valence-electron chi connectivity index (χ2n) is 7.55. The molecule has 2 nitrogen and oxygen atoms in total. The largest absolute Gasteiger partial charge is 0.370 e. The molecule has 2 fully saturated rings. The van der Waals surface area contributed by atoms with E-state index in [1.165, 1.54) is 44.1 Å². The summed E-state index contributed by atoms with van der Waals surface area (Å²) in [5.74, 6) is 0. The van der Waals surface area contributed by atoms with Gasteiger partial charge in [-0.2, -0.15) is 0 Å². The Morgan fingerprint density at radius 3 is 2.57 bits per heavy atom. The molecule has 1 aliphatic carbocycles. The lowest BCUT2D eigenvalue weighted by Gasteiger charge is -2.27. The van der Waals surface area contributed by atoms with Crippen molar-refractivity contribution in [3.05, 3.63) is 35.9 Å². The van der Waals surface area contributed by atoms with Crippen molar-refractivity contribution in [1.82, 2.24) is 5.32 Å². The minimum Gasteiger partial charge on any atom is -0.370 e. The normalized spacial score (nSPS) is 24.8. The Labute approximate surface area is 129 Å². The number of hydrogen-bond donors (Lipinski definition) is 1. The Kier molecular flexibility index (Phi) is 4.37. The molecule has 3 rings (SSSR count). The minimum absolute atomic E-state index is 0.172. The number of rotatable bonds is 5. The fourth-order valence-electron chi connectivity index (χ4n) is 3.96. The Hall–Kier alpha value is -0.860. The lowest BCUT2D eigenvalue weighted by atomic mass is 9.84. The van der Waals surface area contributed by atoms with Gasteiger partial charge in [0.2, 0.25) is 0 Å². The summed E-state index contributed by atoms with van der Waals surface area (Å²) in [5, 5.41) is 3.65. The van der Waals surface area contributed by atoms with Crippen LogP contribution in [0.15, 0.2) is 30.3 Å². The highest BCUT2D eigenvalue weighted by atomic mass is 16.5. The summed E-state index contributed by atoms with van der Waals surface area (Å²) in [4.78, 5) is 0. The van der Waals surface area contributed by atoms with E-state index >= 15 is 0 Å². The molecular weight excluding hydrogens is 258 g/mol. The fraction of sp³-hybridized carbons (Fsp3) is 0.684. The highest BCUT2D eigenvalue weighted by Gasteiger charge is 2.41. The molecule has 1 atom stereocenters. The third-order valence-corrected chi connectivity index (χ3v) is 5.35. The quantitative estimate of drug-likeness (QED) is 0.882. The van der Waals surface area contributed by atoms with E-state index in [0.29, 0.717) is 6.10 Å². The van der Waals surface area contributed by atoms with E-state index in [9.17, 15) is 0 Å². The molecule has 1 aromatic rings. The van der Waals surface area contributed by atoms with Crippen LogP contribution >= 0.6 is 0 Å². The van der Waals surface area contributed by atoms with Crippen molar-refractivity contribution < 1.29 is 4.74 Å². The zero-order chi connectivity index (χ0) is 14.8. The fourth-order valence-corrected chi connectivity index (χ4v) is 3.96. The van der Waals surface area contributed by atoms with E-state index in [1.807, 2.05) is 0 Å². The van der Waals surface area contributed by atoms with Crippen LogP contribution in [-0.4, -0.2) is 24.8 Å². The third kappa shape index (κ3) is 3.49. The van der Waals surface area contributed by atoms with Gasteiger partial charge in [-0.15, -0.1) is 0 Å². The third-order valence-electron chi connectivity index (χ3n) is 5.35. The lowest BCUT2D eigenvalue weighted by molar-refractivity contribution is -0.0353. The molecule has 0 radical (unpaired) electrons. The molecule has 21 heavy (non-hydrogen) atoms. The highest BCUT2D eigenvalue weighted by Crippen LogP contribution is 2.43. The summed E-state index contributed by atoms with van der Waals surface area (Å²) in [7, 11) is 0. The molecule has 1 heterocycles. The van der Waals surface area contributed by atoms with E-state index < -0.39 is 0 Å². The van der Waals surface area contributed by atoms with Crippen LogP contribution in [0.3, 0.4) is 0 Å². The van der Waals surface area contributed by atoms with Crippen LogP contribution in [-0.2, 0) is 10.2 Å². The van der Waals surface area contributed by atoms with E-state index in [4.69, 9.17) is 4.74 Å². The molecule has 116 valence electrons. The molecule has 0 amide bonds. The average Bonchev–Trinajstić information content (AvgIpc) is 3.10. The molecule has 1 saturated carbocycles. The Morgan fingerprint density at radius 1 is 1.14 bits per heavy atom. The summed E-state index contributed by atoms with van der Waals surface area (Å²) in [6.07, 6.45) is 8.25. The van der Waals surface area contributed by atoms with Crippen LogP contribution in [0.5, 0.6) is 0 Å². The van der Waals surface area contributed by atoms with Crippen LogP contribution in [0.2, 0.25) is 0 Å². The van der Waals surface area contributed by atoms with Gasteiger partial charge in [-0.3, -0.25) is 0 Å². The molecule has 1 spiro atoms. The van der Waals surface area contributed by atoms with Crippen LogP contribution in [0.4, 0.5) is 0 Å². The first-order valence-corrected chi connectivity index (χ1v) is 8.54. The molecule has 1 N–H and O–H groups in total. The minimum atomic E-state index is 0.172. The summed E-state index contributed by atoms with van der Waals surface area (Å²) >= 11 is 0. The van der Waals surface area contributed by atoms with Gasteiger partial charge in [0.15, 0.2) is 0 Å². The summed E-state index contributed by atoms with van der Waals surface area (Å²) in [6.45, 7) is 6.62. The van der Waals surface area contributed by atoms with Crippen molar-refractivity contribution in [3.63, 3.8) is 0 Å². The Balaban J connectivity index is 1.46. The SMILES string of the molecule is CC(C)(CNCC1CCC2(CCCC2)O1)c1ccccc1. The molecule has 1 unspecified atom stereocenters. The maximum Gasteiger partial charge on any atom is 0.0708 e. The standard InChI is InChI=1S/C19H29NO/c1-18(2,16-8-4-3-5-9-16)15-20-14-17-10-13-19(21-17)11-6-7-12-19/h3-5,8-9,17,20H,6-7,10-15H2,1-2H3. The van der Waals surface area contributed by atoms with Crippen LogP contribution < -0.4 is 5.32 Å². The second-order valence-corrected chi connectivity index (χ2v) is 7.55. The summed E-state index contributed by atoms with van der Waals surface area (Å²) in [6, 6.07) is 10.8. The van der Waals surface area contributed by atoms with Crippen molar-refractivity contribution in [2.45, 2.75) is 69.5 Å². The van der Waals surface area contributed by atoms with Gasteiger partial charge in [0.05, 0.1) is 11.7 Å². The summed E-state index contributed by atoms with van der Waals surface area (Å²) in [5.41, 5.74) is 1.84. The van der Waals surface area contributed by atoms with Gasteiger partial charge >= 0.3 is 0 Å². The monoisotopic (exact) mass is 287 g/mol. The Bertz CT molecular complexity index is 448. The first-order chi connectivity index (χ1) is 10.1. The van der Waals surface area contributed by atoms with Crippen molar-refractivity contribution >= 4 is 0 Å². The zero-order valence-electron chi connectivity index (χ0n) is 13.5. The van der Waals surface area contributed by atoms with E-state index in [1.54, 1.807) is 0 Å². The molecule has 0 bridgehead atoms. The van der Waals surface area contributed by atoms with E-state index in [0.717, 1.165) is 13.1 Å². The smallest absolute Gasteiger partial charge is 0.0708 e. The van der Waals surface area contributed by atoms with Gasteiger partial charge in [-0.25, -0.2) is 0 Å². The van der Waals surface area contributed by atoms with Gasteiger partial charge in [-0.05, 0) is 31.2 Å². The number of nitrogens with one attached hydrogen (secondary N) is 1. The predicted octanol–water partition coefficient (Wildman–Crippen LogP) is 4.05. The topological polar surface area (TPSA) is 21.3 Å². The molecule has 2 heteroatoms. The van der Waals surface area contributed by atoms with Gasteiger partial charge in [0, 0.05) is 18.5 Å². The van der Waals surface area contributed by atoms with Gasteiger partial charge in [0.25, 0.3) is 0 Å². The molecule has 1 aromatic carbocycles. The number of ether oxygens (including phenoxy) is 1. The van der Waals surface area contributed by atoms with Crippen molar-refractivity contribution in [2.75, 3.05) is 13.1 Å². The molecular formula is C19H29NO. The first kappa shape index (κ1) is 15.1. The van der Waals surface area contributed by atoms with Gasteiger partial charge < -0.3 is 10.1 Å². The van der Waals surface area contributed by atoms with Crippen LogP contribution in [0, 0.1) is 0 Å².